The van der Waals surface area contributed by atoms with Gasteiger partial charge in [0.2, 0.25) is 0 Å². The Balaban J connectivity index is 2.20. The van der Waals surface area contributed by atoms with Gasteiger partial charge in [0, 0.05) is 0 Å². The Hall–Kier alpha value is -0.860. The molecule has 0 spiro atoms. The van der Waals surface area contributed by atoms with Crippen LogP contribution in [0.4, 0.5) is 0 Å². The zero-order valence-electron chi connectivity index (χ0n) is 10.2. The summed E-state index contributed by atoms with van der Waals surface area (Å²) in [4.78, 5) is 0. The lowest BCUT2D eigenvalue weighted by molar-refractivity contribution is -0.0300. The monoisotopic (exact) mass is 220 g/mol. The van der Waals surface area contributed by atoms with Crippen LogP contribution in [0.2, 0.25) is 0 Å². The lowest BCUT2D eigenvalue weighted by Crippen LogP contribution is -2.19. The standard InChI is InChI=1S/C14H20O2/c1-9-4-5-10(2)12(8-9)14(15)13-7-6-11(3)16-13/h4-5,8,11,13-15H,6-7H2,1-3H3. The molecule has 0 aliphatic carbocycles. The Morgan fingerprint density at radius 1 is 1.31 bits per heavy atom. The number of aliphatic hydroxyl groups is 1. The first-order valence-corrected chi connectivity index (χ1v) is 5.98. The first-order chi connectivity index (χ1) is 7.58. The van der Waals surface area contributed by atoms with E-state index in [9.17, 15) is 5.11 Å². The molecule has 16 heavy (non-hydrogen) atoms. The van der Waals surface area contributed by atoms with Gasteiger partial charge >= 0.3 is 0 Å². The molecule has 1 N–H and O–H groups in total. The molecule has 2 nitrogen and oxygen atoms in total. The zero-order chi connectivity index (χ0) is 11.7. The van der Waals surface area contributed by atoms with Gasteiger partial charge in [-0.15, -0.1) is 0 Å². The molecular formula is C14H20O2. The number of ether oxygens (including phenoxy) is 1. The van der Waals surface area contributed by atoms with Gasteiger partial charge in [-0.25, -0.2) is 0 Å². The van der Waals surface area contributed by atoms with Gasteiger partial charge in [-0.3, -0.25) is 0 Å². The molecule has 1 aromatic carbocycles. The summed E-state index contributed by atoms with van der Waals surface area (Å²) in [6.07, 6.45) is 1.77. The summed E-state index contributed by atoms with van der Waals surface area (Å²) in [6, 6.07) is 6.20. The third-order valence-corrected chi connectivity index (χ3v) is 3.37. The van der Waals surface area contributed by atoms with Crippen molar-refractivity contribution < 1.29 is 9.84 Å². The van der Waals surface area contributed by atoms with Crippen LogP contribution in [-0.2, 0) is 4.74 Å². The molecule has 2 heteroatoms. The minimum absolute atomic E-state index is 0.0319. The lowest BCUT2D eigenvalue weighted by atomic mass is 9.96. The topological polar surface area (TPSA) is 29.5 Å². The smallest absolute Gasteiger partial charge is 0.105 e. The maximum absolute atomic E-state index is 10.3. The van der Waals surface area contributed by atoms with E-state index in [1.54, 1.807) is 0 Å². The molecule has 1 aromatic rings. The number of hydrogen-bond acceptors (Lipinski definition) is 2. The summed E-state index contributed by atoms with van der Waals surface area (Å²) < 4.78 is 5.72. The normalized spacial score (nSPS) is 27.0. The molecule has 1 aliphatic heterocycles. The quantitative estimate of drug-likeness (QED) is 0.830. The Morgan fingerprint density at radius 2 is 2.06 bits per heavy atom. The minimum atomic E-state index is -0.482. The predicted octanol–water partition coefficient (Wildman–Crippen LogP) is 2.90. The van der Waals surface area contributed by atoms with E-state index in [0.29, 0.717) is 0 Å². The molecule has 0 radical (unpaired) electrons. The molecule has 1 aliphatic rings. The SMILES string of the molecule is Cc1ccc(C)c(C(O)C2CCC(C)O2)c1. The van der Waals surface area contributed by atoms with Crippen LogP contribution >= 0.6 is 0 Å². The van der Waals surface area contributed by atoms with Crippen molar-refractivity contribution in [2.45, 2.75) is 51.9 Å². The highest BCUT2D eigenvalue weighted by atomic mass is 16.5. The fraction of sp³-hybridized carbons (Fsp3) is 0.571. The summed E-state index contributed by atoms with van der Waals surface area (Å²) in [6.45, 7) is 6.15. The molecule has 1 saturated heterocycles. The van der Waals surface area contributed by atoms with E-state index in [0.717, 1.165) is 24.0 Å². The largest absolute Gasteiger partial charge is 0.386 e. The molecule has 2 rings (SSSR count). The predicted molar refractivity (Wildman–Crippen MR) is 64.4 cm³/mol. The van der Waals surface area contributed by atoms with Crippen LogP contribution in [0.5, 0.6) is 0 Å². The van der Waals surface area contributed by atoms with Gasteiger partial charge in [0.25, 0.3) is 0 Å². The van der Waals surface area contributed by atoms with Crippen molar-refractivity contribution in [2.75, 3.05) is 0 Å². The summed E-state index contributed by atoms with van der Waals surface area (Å²) in [5.41, 5.74) is 3.34. The molecule has 1 fully saturated rings. The number of aryl methyl sites for hydroxylation is 2. The molecular weight excluding hydrogens is 200 g/mol. The van der Waals surface area contributed by atoms with Gasteiger partial charge in [-0.05, 0) is 44.7 Å². The average Bonchev–Trinajstić information content (AvgIpc) is 2.67. The van der Waals surface area contributed by atoms with Crippen LogP contribution in [0.25, 0.3) is 0 Å². The van der Waals surface area contributed by atoms with Crippen molar-refractivity contribution >= 4 is 0 Å². The summed E-state index contributed by atoms with van der Waals surface area (Å²) in [7, 11) is 0. The van der Waals surface area contributed by atoms with Crippen molar-refractivity contribution in [1.82, 2.24) is 0 Å². The van der Waals surface area contributed by atoms with Crippen LogP contribution < -0.4 is 0 Å². The molecule has 1 heterocycles. The van der Waals surface area contributed by atoms with Crippen LogP contribution in [0.1, 0.15) is 42.6 Å². The molecule has 0 amide bonds. The average molecular weight is 220 g/mol. The fourth-order valence-electron chi connectivity index (χ4n) is 2.34. The van der Waals surface area contributed by atoms with Crippen LogP contribution in [0, 0.1) is 13.8 Å². The molecule has 0 saturated carbocycles. The number of hydrogen-bond donors (Lipinski definition) is 1. The molecule has 0 aromatic heterocycles. The second-order valence-electron chi connectivity index (χ2n) is 4.87. The number of benzene rings is 1. The summed E-state index contributed by atoms with van der Waals surface area (Å²) in [5, 5.41) is 10.3. The van der Waals surface area contributed by atoms with Gasteiger partial charge in [-0.2, -0.15) is 0 Å². The maximum Gasteiger partial charge on any atom is 0.105 e. The second kappa shape index (κ2) is 4.56. The van der Waals surface area contributed by atoms with Crippen molar-refractivity contribution in [1.29, 1.82) is 0 Å². The van der Waals surface area contributed by atoms with Crippen molar-refractivity contribution in [2.24, 2.45) is 0 Å². The van der Waals surface area contributed by atoms with E-state index in [-0.39, 0.29) is 12.2 Å². The first kappa shape index (κ1) is 11.6. The lowest BCUT2D eigenvalue weighted by Gasteiger charge is -2.20. The third-order valence-electron chi connectivity index (χ3n) is 3.37. The van der Waals surface area contributed by atoms with Gasteiger partial charge < -0.3 is 9.84 Å². The van der Waals surface area contributed by atoms with Gasteiger partial charge in [0.05, 0.1) is 12.2 Å². The van der Waals surface area contributed by atoms with Crippen LogP contribution in [0.3, 0.4) is 0 Å². The van der Waals surface area contributed by atoms with E-state index in [2.05, 4.69) is 25.1 Å². The molecule has 0 bridgehead atoms. The first-order valence-electron chi connectivity index (χ1n) is 5.98. The molecule has 3 atom stereocenters. The van der Waals surface area contributed by atoms with Gasteiger partial charge in [-0.1, -0.05) is 23.8 Å². The van der Waals surface area contributed by atoms with E-state index >= 15 is 0 Å². The summed E-state index contributed by atoms with van der Waals surface area (Å²) >= 11 is 0. The van der Waals surface area contributed by atoms with E-state index in [1.807, 2.05) is 13.8 Å². The van der Waals surface area contributed by atoms with Crippen molar-refractivity contribution in [3.63, 3.8) is 0 Å². The third kappa shape index (κ3) is 2.28. The van der Waals surface area contributed by atoms with E-state index in [4.69, 9.17) is 4.74 Å². The minimum Gasteiger partial charge on any atom is -0.386 e. The second-order valence-corrected chi connectivity index (χ2v) is 4.87. The molecule has 88 valence electrons. The van der Waals surface area contributed by atoms with Gasteiger partial charge in [0.1, 0.15) is 6.10 Å². The van der Waals surface area contributed by atoms with Crippen molar-refractivity contribution in [3.05, 3.63) is 34.9 Å². The van der Waals surface area contributed by atoms with Crippen LogP contribution in [0.15, 0.2) is 18.2 Å². The fourth-order valence-corrected chi connectivity index (χ4v) is 2.34. The Kier molecular flexibility index (Phi) is 3.31. The highest BCUT2D eigenvalue weighted by molar-refractivity contribution is 5.32. The molecule has 3 unspecified atom stereocenters. The Morgan fingerprint density at radius 3 is 2.69 bits per heavy atom. The zero-order valence-corrected chi connectivity index (χ0v) is 10.2. The number of aliphatic hydroxyl groups excluding tert-OH is 1. The Bertz CT molecular complexity index is 373. The highest BCUT2D eigenvalue weighted by Gasteiger charge is 2.29. The number of rotatable bonds is 2. The maximum atomic E-state index is 10.3. The summed E-state index contributed by atoms with van der Waals surface area (Å²) in [5.74, 6) is 0. The van der Waals surface area contributed by atoms with Crippen molar-refractivity contribution in [3.8, 4) is 0 Å². The van der Waals surface area contributed by atoms with Gasteiger partial charge in [0.15, 0.2) is 0 Å². The van der Waals surface area contributed by atoms with Crippen LogP contribution in [-0.4, -0.2) is 17.3 Å². The van der Waals surface area contributed by atoms with E-state index < -0.39 is 6.10 Å². The highest BCUT2D eigenvalue weighted by Crippen LogP contribution is 2.31. The van der Waals surface area contributed by atoms with E-state index in [1.165, 1.54) is 5.56 Å². The Labute approximate surface area is 97.3 Å².